The van der Waals surface area contributed by atoms with Gasteiger partial charge in [0.15, 0.2) is 0 Å². The Morgan fingerprint density at radius 1 is 1.03 bits per heavy atom. The Bertz CT molecular complexity index is 1580. The molecule has 5 rings (SSSR count). The fraction of sp³-hybridized carbons (Fsp3) is 0.143. The van der Waals surface area contributed by atoms with Gasteiger partial charge in [-0.2, -0.15) is 5.10 Å². The molecule has 0 aliphatic heterocycles. The number of alkyl halides is 2. The summed E-state index contributed by atoms with van der Waals surface area (Å²) in [5.41, 5.74) is 3.69. The number of benzene rings is 3. The van der Waals surface area contributed by atoms with Crippen molar-refractivity contribution in [3.63, 3.8) is 0 Å². The Labute approximate surface area is 210 Å². The monoisotopic (exact) mass is 502 g/mol. The van der Waals surface area contributed by atoms with E-state index >= 15 is 0 Å². The van der Waals surface area contributed by atoms with Gasteiger partial charge in [0, 0.05) is 16.3 Å². The predicted molar refractivity (Wildman–Crippen MR) is 138 cm³/mol. The number of aliphatic hydroxyl groups is 1. The molecule has 2 aromatic heterocycles. The minimum Gasteiger partial charge on any atom is -0.491 e. The molecular formula is C28H24F2N4O3. The number of rotatable bonds is 9. The van der Waals surface area contributed by atoms with Gasteiger partial charge >= 0.3 is 0 Å². The summed E-state index contributed by atoms with van der Waals surface area (Å²) in [7, 11) is 0. The van der Waals surface area contributed by atoms with Crippen molar-refractivity contribution in [1.82, 2.24) is 20.5 Å². The third-order valence-corrected chi connectivity index (χ3v) is 6.09. The maximum Gasteiger partial charge on any atom is 0.263 e. The van der Waals surface area contributed by atoms with E-state index in [9.17, 15) is 18.7 Å². The number of nitrogens with zero attached hydrogens (tertiary/aromatic N) is 1. The maximum atomic E-state index is 13.1. The van der Waals surface area contributed by atoms with E-state index in [0.29, 0.717) is 39.1 Å². The van der Waals surface area contributed by atoms with Gasteiger partial charge in [-0.3, -0.25) is 9.89 Å². The summed E-state index contributed by atoms with van der Waals surface area (Å²) >= 11 is 0. The zero-order chi connectivity index (χ0) is 25.9. The highest BCUT2D eigenvalue weighted by atomic mass is 19.3. The average Bonchev–Trinajstić information content (AvgIpc) is 3.54. The van der Waals surface area contributed by atoms with Crippen molar-refractivity contribution in [3.8, 4) is 17.1 Å². The van der Waals surface area contributed by atoms with Crippen LogP contribution in [0, 0.1) is 0 Å². The first-order valence-electron chi connectivity index (χ1n) is 11.6. The number of halogens is 2. The number of H-pyrrole nitrogens is 2. The first kappa shape index (κ1) is 24.2. The molecule has 9 heteroatoms. The molecule has 0 fully saturated rings. The van der Waals surface area contributed by atoms with Crippen LogP contribution >= 0.6 is 0 Å². The van der Waals surface area contributed by atoms with E-state index in [1.54, 1.807) is 12.1 Å². The Hall–Kier alpha value is -4.50. The Morgan fingerprint density at radius 2 is 1.81 bits per heavy atom. The van der Waals surface area contributed by atoms with Gasteiger partial charge in [0.05, 0.1) is 23.3 Å². The number of fused-ring (bicyclic) bond motifs is 2. The first-order chi connectivity index (χ1) is 17.9. The predicted octanol–water partition coefficient (Wildman–Crippen LogP) is 5.41. The van der Waals surface area contributed by atoms with Gasteiger partial charge in [0.25, 0.3) is 6.43 Å². The number of carbonyl (C=O) groups is 1. The topological polar surface area (TPSA) is 103 Å². The summed E-state index contributed by atoms with van der Waals surface area (Å²) in [5, 5.41) is 22.3. The van der Waals surface area contributed by atoms with Crippen LogP contribution in [0.2, 0.25) is 0 Å². The normalized spacial score (nSPS) is 12.2. The summed E-state index contributed by atoms with van der Waals surface area (Å²) in [6.45, 7) is 3.90. The molecule has 7 nitrogen and oxygen atoms in total. The second kappa shape index (κ2) is 10.2. The molecule has 0 saturated heterocycles. The van der Waals surface area contributed by atoms with E-state index in [2.05, 4.69) is 27.1 Å². The molecule has 0 radical (unpaired) electrons. The molecule has 0 spiro atoms. The molecule has 37 heavy (non-hydrogen) atoms. The number of aromatic amines is 2. The SMILES string of the molecule is C=CC(=O)NCCOc1cc(C(O)c2ccccc2)cc2[nH]c(-c3n[nH]c4cc(C(F)F)ccc34)cc12. The summed E-state index contributed by atoms with van der Waals surface area (Å²) < 4.78 is 32.3. The zero-order valence-electron chi connectivity index (χ0n) is 19.7. The summed E-state index contributed by atoms with van der Waals surface area (Å²) in [4.78, 5) is 14.8. The maximum absolute atomic E-state index is 13.1. The van der Waals surface area contributed by atoms with Crippen LogP contribution in [-0.2, 0) is 4.79 Å². The molecule has 3 aromatic carbocycles. The zero-order valence-corrected chi connectivity index (χ0v) is 19.7. The lowest BCUT2D eigenvalue weighted by atomic mass is 10.00. The number of aromatic nitrogens is 3. The van der Waals surface area contributed by atoms with Crippen molar-refractivity contribution in [2.24, 2.45) is 0 Å². The average molecular weight is 503 g/mol. The van der Waals surface area contributed by atoms with E-state index in [4.69, 9.17) is 4.74 Å². The molecule has 5 aromatic rings. The van der Waals surface area contributed by atoms with Crippen molar-refractivity contribution < 1.29 is 23.4 Å². The summed E-state index contributed by atoms with van der Waals surface area (Å²) in [5.74, 6) is 0.212. The van der Waals surface area contributed by atoms with Gasteiger partial charge in [-0.15, -0.1) is 0 Å². The van der Waals surface area contributed by atoms with Crippen LogP contribution in [0.1, 0.15) is 29.2 Å². The highest BCUT2D eigenvalue weighted by Crippen LogP contribution is 2.37. The molecule has 1 amide bonds. The molecule has 1 unspecified atom stereocenters. The lowest BCUT2D eigenvalue weighted by Crippen LogP contribution is -2.26. The molecule has 1 atom stereocenters. The number of hydrogen-bond acceptors (Lipinski definition) is 4. The number of amides is 1. The van der Waals surface area contributed by atoms with Gasteiger partial charge in [-0.05, 0) is 41.5 Å². The Balaban J connectivity index is 1.54. The van der Waals surface area contributed by atoms with Crippen molar-refractivity contribution in [3.05, 3.63) is 96.1 Å². The second-order valence-corrected chi connectivity index (χ2v) is 8.50. The largest absolute Gasteiger partial charge is 0.491 e. The lowest BCUT2D eigenvalue weighted by molar-refractivity contribution is -0.116. The highest BCUT2D eigenvalue weighted by Gasteiger charge is 2.19. The molecule has 4 N–H and O–H groups in total. The fourth-order valence-electron chi connectivity index (χ4n) is 4.24. The van der Waals surface area contributed by atoms with Crippen LogP contribution < -0.4 is 10.1 Å². The number of nitrogens with one attached hydrogen (secondary N) is 3. The quantitative estimate of drug-likeness (QED) is 0.160. The van der Waals surface area contributed by atoms with Crippen LogP contribution in [-0.4, -0.2) is 39.3 Å². The first-order valence-corrected chi connectivity index (χ1v) is 11.6. The van der Waals surface area contributed by atoms with E-state index in [1.165, 1.54) is 18.2 Å². The van der Waals surface area contributed by atoms with Crippen molar-refractivity contribution >= 4 is 27.7 Å². The third kappa shape index (κ3) is 4.94. The van der Waals surface area contributed by atoms with E-state index in [0.717, 1.165) is 10.9 Å². The van der Waals surface area contributed by atoms with E-state index < -0.39 is 12.5 Å². The molecule has 188 valence electrons. The van der Waals surface area contributed by atoms with Gasteiger partial charge in [0.1, 0.15) is 24.2 Å². The number of carbonyl (C=O) groups excluding carboxylic acids is 1. The van der Waals surface area contributed by atoms with Crippen LogP contribution in [0.15, 0.2) is 79.4 Å². The Morgan fingerprint density at radius 3 is 2.57 bits per heavy atom. The molecule has 0 aliphatic carbocycles. The van der Waals surface area contributed by atoms with Gasteiger partial charge < -0.3 is 20.1 Å². The van der Waals surface area contributed by atoms with Crippen molar-refractivity contribution in [2.45, 2.75) is 12.5 Å². The van der Waals surface area contributed by atoms with Crippen LogP contribution in [0.4, 0.5) is 8.78 Å². The number of ether oxygens (including phenoxy) is 1. The van der Waals surface area contributed by atoms with Crippen molar-refractivity contribution in [2.75, 3.05) is 13.2 Å². The summed E-state index contributed by atoms with van der Waals surface area (Å²) in [6, 6.07) is 19.1. The van der Waals surface area contributed by atoms with Gasteiger partial charge in [-0.25, -0.2) is 8.78 Å². The summed E-state index contributed by atoms with van der Waals surface area (Å²) in [6.07, 6.45) is -2.28. The van der Waals surface area contributed by atoms with Gasteiger partial charge in [-0.1, -0.05) is 49.0 Å². The van der Waals surface area contributed by atoms with Crippen molar-refractivity contribution in [1.29, 1.82) is 0 Å². The molecule has 0 saturated carbocycles. The third-order valence-electron chi connectivity index (χ3n) is 6.09. The van der Waals surface area contributed by atoms with E-state index in [1.807, 2.05) is 42.5 Å². The minimum absolute atomic E-state index is 0.0851. The molecule has 0 aliphatic rings. The lowest BCUT2D eigenvalue weighted by Gasteiger charge is -2.15. The highest BCUT2D eigenvalue weighted by molar-refractivity contribution is 5.97. The van der Waals surface area contributed by atoms with E-state index in [-0.39, 0.29) is 24.6 Å². The second-order valence-electron chi connectivity index (χ2n) is 8.50. The fourth-order valence-corrected chi connectivity index (χ4v) is 4.24. The standard InChI is InChI=1S/C28H24F2N4O3/c1-2-25(35)31-10-11-37-24-14-18(27(36)16-6-4-3-5-7-16)13-21-20(24)15-23(32-21)26-19-9-8-17(28(29)30)12-22(19)33-34-26/h2-9,12-15,27-28,32,36H,1,10-11H2,(H,31,35)(H,33,34). The Kier molecular flexibility index (Phi) is 6.70. The molecule has 2 heterocycles. The number of aliphatic hydroxyl groups excluding tert-OH is 1. The van der Waals surface area contributed by atoms with Crippen LogP contribution in [0.5, 0.6) is 5.75 Å². The van der Waals surface area contributed by atoms with Gasteiger partial charge in [0.2, 0.25) is 5.91 Å². The molecular weight excluding hydrogens is 478 g/mol. The molecule has 0 bridgehead atoms. The van der Waals surface area contributed by atoms with Crippen LogP contribution in [0.3, 0.4) is 0 Å². The van der Waals surface area contributed by atoms with Crippen LogP contribution in [0.25, 0.3) is 33.2 Å². The smallest absolute Gasteiger partial charge is 0.263 e. The number of hydrogen-bond donors (Lipinski definition) is 4. The minimum atomic E-state index is -2.57.